The van der Waals surface area contributed by atoms with Gasteiger partial charge in [0.15, 0.2) is 0 Å². The summed E-state index contributed by atoms with van der Waals surface area (Å²) < 4.78 is 13.2. The lowest BCUT2D eigenvalue weighted by atomic mass is 10.1. The molecular formula is C16H16FNO. The normalized spacial score (nSPS) is 10.3. The van der Waals surface area contributed by atoms with E-state index in [0.717, 1.165) is 11.3 Å². The fourth-order valence-corrected chi connectivity index (χ4v) is 2.02. The Labute approximate surface area is 112 Å². The molecule has 0 radical (unpaired) electrons. The zero-order valence-corrected chi connectivity index (χ0v) is 11.3. The Bertz CT molecular complexity index is 622. The number of anilines is 1. The molecule has 3 heteroatoms. The third-order valence-electron chi connectivity index (χ3n) is 3.19. The first-order chi connectivity index (χ1) is 9.00. The number of hydrogen-bond acceptors (Lipinski definition) is 1. The first kappa shape index (κ1) is 13.3. The summed E-state index contributed by atoms with van der Waals surface area (Å²) in [5.74, 6) is -0.438. The van der Waals surface area contributed by atoms with E-state index in [1.807, 2.05) is 31.2 Å². The lowest BCUT2D eigenvalue weighted by molar-refractivity contribution is 0.0992. The minimum atomic E-state index is -0.296. The van der Waals surface area contributed by atoms with E-state index in [9.17, 15) is 9.18 Å². The van der Waals surface area contributed by atoms with Gasteiger partial charge in [-0.2, -0.15) is 0 Å². The van der Waals surface area contributed by atoms with Crippen molar-refractivity contribution in [3.8, 4) is 0 Å². The fourth-order valence-electron chi connectivity index (χ4n) is 2.02. The van der Waals surface area contributed by atoms with E-state index in [-0.39, 0.29) is 11.7 Å². The summed E-state index contributed by atoms with van der Waals surface area (Å²) >= 11 is 0. The van der Waals surface area contributed by atoms with Crippen LogP contribution in [0, 0.1) is 19.7 Å². The molecular weight excluding hydrogens is 241 g/mol. The average molecular weight is 257 g/mol. The molecule has 0 aliphatic heterocycles. The molecule has 0 saturated heterocycles. The van der Waals surface area contributed by atoms with Crippen molar-refractivity contribution >= 4 is 11.6 Å². The van der Waals surface area contributed by atoms with Crippen molar-refractivity contribution in [3.05, 3.63) is 65.0 Å². The number of aryl methyl sites for hydroxylation is 2. The van der Waals surface area contributed by atoms with Gasteiger partial charge in [0.05, 0.1) is 0 Å². The van der Waals surface area contributed by atoms with Crippen LogP contribution in [0.15, 0.2) is 42.5 Å². The van der Waals surface area contributed by atoms with Crippen LogP contribution in [-0.2, 0) is 0 Å². The summed E-state index contributed by atoms with van der Waals surface area (Å²) in [6.45, 7) is 3.61. The van der Waals surface area contributed by atoms with Crippen LogP contribution in [-0.4, -0.2) is 13.0 Å². The standard InChI is InChI=1S/C16H16FNO/c1-11-6-4-5-7-15(11)18(3)16(19)13-8-9-14(17)12(2)10-13/h4-10H,1-3H3. The second-order valence-corrected chi connectivity index (χ2v) is 4.61. The van der Waals surface area contributed by atoms with Crippen molar-refractivity contribution in [3.63, 3.8) is 0 Å². The highest BCUT2D eigenvalue weighted by Gasteiger charge is 2.15. The summed E-state index contributed by atoms with van der Waals surface area (Å²) in [7, 11) is 1.73. The van der Waals surface area contributed by atoms with Crippen LogP contribution in [0.2, 0.25) is 0 Å². The third-order valence-corrected chi connectivity index (χ3v) is 3.19. The van der Waals surface area contributed by atoms with Crippen LogP contribution in [0.1, 0.15) is 21.5 Å². The Morgan fingerprint density at radius 2 is 1.74 bits per heavy atom. The molecule has 0 aliphatic carbocycles. The van der Waals surface area contributed by atoms with Crippen molar-refractivity contribution in [1.82, 2.24) is 0 Å². The molecule has 98 valence electrons. The van der Waals surface area contributed by atoms with Crippen LogP contribution >= 0.6 is 0 Å². The van der Waals surface area contributed by atoms with E-state index in [0.29, 0.717) is 11.1 Å². The number of hydrogen-bond donors (Lipinski definition) is 0. The highest BCUT2D eigenvalue weighted by Crippen LogP contribution is 2.20. The van der Waals surface area contributed by atoms with Gasteiger partial charge in [-0.05, 0) is 49.2 Å². The Hall–Kier alpha value is -2.16. The smallest absolute Gasteiger partial charge is 0.258 e. The van der Waals surface area contributed by atoms with E-state index < -0.39 is 0 Å². The molecule has 19 heavy (non-hydrogen) atoms. The molecule has 0 unspecified atom stereocenters. The summed E-state index contributed by atoms with van der Waals surface area (Å²) in [5.41, 5.74) is 2.85. The average Bonchev–Trinajstić information content (AvgIpc) is 2.41. The summed E-state index contributed by atoms with van der Waals surface area (Å²) in [6, 6.07) is 12.1. The van der Waals surface area contributed by atoms with Gasteiger partial charge in [0.2, 0.25) is 0 Å². The van der Waals surface area contributed by atoms with Crippen LogP contribution in [0.25, 0.3) is 0 Å². The maximum atomic E-state index is 13.2. The Morgan fingerprint density at radius 3 is 2.37 bits per heavy atom. The zero-order chi connectivity index (χ0) is 14.0. The molecule has 2 aromatic carbocycles. The van der Waals surface area contributed by atoms with Crippen LogP contribution in [0.3, 0.4) is 0 Å². The van der Waals surface area contributed by atoms with Crippen molar-refractivity contribution < 1.29 is 9.18 Å². The molecule has 0 heterocycles. The van der Waals surface area contributed by atoms with Gasteiger partial charge in [-0.3, -0.25) is 4.79 Å². The SMILES string of the molecule is Cc1cc(C(=O)N(C)c2ccccc2C)ccc1F. The topological polar surface area (TPSA) is 20.3 Å². The van der Waals surface area contributed by atoms with E-state index in [4.69, 9.17) is 0 Å². The number of halogens is 1. The monoisotopic (exact) mass is 257 g/mol. The van der Waals surface area contributed by atoms with Crippen LogP contribution in [0.4, 0.5) is 10.1 Å². The van der Waals surface area contributed by atoms with Gasteiger partial charge >= 0.3 is 0 Å². The van der Waals surface area contributed by atoms with Crippen molar-refractivity contribution in [2.45, 2.75) is 13.8 Å². The molecule has 0 atom stereocenters. The lowest BCUT2D eigenvalue weighted by Crippen LogP contribution is -2.27. The predicted molar refractivity (Wildman–Crippen MR) is 75.0 cm³/mol. The van der Waals surface area contributed by atoms with E-state index in [1.165, 1.54) is 12.1 Å². The van der Waals surface area contributed by atoms with Gasteiger partial charge in [-0.1, -0.05) is 18.2 Å². The van der Waals surface area contributed by atoms with E-state index in [2.05, 4.69) is 0 Å². The van der Waals surface area contributed by atoms with E-state index in [1.54, 1.807) is 24.9 Å². The van der Waals surface area contributed by atoms with Crippen molar-refractivity contribution in [1.29, 1.82) is 0 Å². The molecule has 0 saturated carbocycles. The zero-order valence-electron chi connectivity index (χ0n) is 11.3. The first-order valence-electron chi connectivity index (χ1n) is 6.10. The second-order valence-electron chi connectivity index (χ2n) is 4.61. The number of rotatable bonds is 2. The molecule has 0 aromatic heterocycles. The molecule has 0 spiro atoms. The Balaban J connectivity index is 2.34. The van der Waals surface area contributed by atoms with Gasteiger partial charge < -0.3 is 4.90 Å². The Kier molecular flexibility index (Phi) is 3.65. The summed E-state index contributed by atoms with van der Waals surface area (Å²) in [5, 5.41) is 0. The highest BCUT2D eigenvalue weighted by atomic mass is 19.1. The minimum Gasteiger partial charge on any atom is -0.311 e. The number of benzene rings is 2. The maximum Gasteiger partial charge on any atom is 0.258 e. The maximum absolute atomic E-state index is 13.2. The summed E-state index contributed by atoms with van der Waals surface area (Å²) in [4.78, 5) is 13.9. The number of amides is 1. The largest absolute Gasteiger partial charge is 0.311 e. The molecule has 0 bridgehead atoms. The molecule has 2 nitrogen and oxygen atoms in total. The first-order valence-corrected chi connectivity index (χ1v) is 6.10. The molecule has 2 aromatic rings. The minimum absolute atomic E-state index is 0.141. The molecule has 2 rings (SSSR count). The van der Waals surface area contributed by atoms with Crippen LogP contribution < -0.4 is 4.90 Å². The van der Waals surface area contributed by atoms with Gasteiger partial charge in [0.25, 0.3) is 5.91 Å². The molecule has 0 fully saturated rings. The van der Waals surface area contributed by atoms with Crippen molar-refractivity contribution in [2.75, 3.05) is 11.9 Å². The van der Waals surface area contributed by atoms with E-state index >= 15 is 0 Å². The fraction of sp³-hybridized carbons (Fsp3) is 0.188. The van der Waals surface area contributed by atoms with Gasteiger partial charge in [0, 0.05) is 18.3 Å². The highest BCUT2D eigenvalue weighted by molar-refractivity contribution is 6.06. The quantitative estimate of drug-likeness (QED) is 0.803. The number of carbonyl (C=O) groups excluding carboxylic acids is 1. The summed E-state index contributed by atoms with van der Waals surface area (Å²) in [6.07, 6.45) is 0. The number of para-hydroxylation sites is 1. The number of carbonyl (C=O) groups is 1. The van der Waals surface area contributed by atoms with Crippen molar-refractivity contribution in [2.24, 2.45) is 0 Å². The molecule has 0 N–H and O–H groups in total. The Morgan fingerprint density at radius 1 is 1.05 bits per heavy atom. The van der Waals surface area contributed by atoms with Gasteiger partial charge in [-0.15, -0.1) is 0 Å². The van der Waals surface area contributed by atoms with Gasteiger partial charge in [0.1, 0.15) is 5.82 Å². The van der Waals surface area contributed by atoms with Gasteiger partial charge in [-0.25, -0.2) is 4.39 Å². The second kappa shape index (κ2) is 5.22. The molecule has 0 aliphatic rings. The lowest BCUT2D eigenvalue weighted by Gasteiger charge is -2.19. The predicted octanol–water partition coefficient (Wildman–Crippen LogP) is 3.72. The third kappa shape index (κ3) is 2.65. The number of nitrogens with zero attached hydrogens (tertiary/aromatic N) is 1. The molecule has 1 amide bonds. The van der Waals surface area contributed by atoms with Crippen LogP contribution in [0.5, 0.6) is 0 Å².